The van der Waals surface area contributed by atoms with Gasteiger partial charge in [0.25, 0.3) is 0 Å². The molecule has 1 aliphatic rings. The summed E-state index contributed by atoms with van der Waals surface area (Å²) >= 11 is 0. The van der Waals surface area contributed by atoms with Crippen LogP contribution in [0.3, 0.4) is 0 Å². The van der Waals surface area contributed by atoms with E-state index in [-0.39, 0.29) is 17.8 Å². The molecule has 108 valence electrons. The van der Waals surface area contributed by atoms with Gasteiger partial charge in [-0.3, -0.25) is 9.59 Å². The maximum Gasteiger partial charge on any atom is 0.319 e. The first-order chi connectivity index (χ1) is 9.01. The molecule has 0 aromatic carbocycles. The van der Waals surface area contributed by atoms with Crippen LogP contribution < -0.4 is 0 Å². The van der Waals surface area contributed by atoms with Crippen LogP contribution >= 0.6 is 0 Å². The summed E-state index contributed by atoms with van der Waals surface area (Å²) in [7, 11) is 1.32. The first-order valence-corrected chi connectivity index (χ1v) is 6.85. The summed E-state index contributed by atoms with van der Waals surface area (Å²) in [5, 5.41) is 0. The third-order valence-corrected chi connectivity index (χ3v) is 3.99. The van der Waals surface area contributed by atoms with Gasteiger partial charge in [-0.05, 0) is 26.2 Å². The molecule has 0 N–H and O–H groups in total. The van der Waals surface area contributed by atoms with Crippen molar-refractivity contribution in [3.05, 3.63) is 12.7 Å². The van der Waals surface area contributed by atoms with Gasteiger partial charge in [-0.2, -0.15) is 0 Å². The lowest BCUT2D eigenvalue weighted by Crippen LogP contribution is -2.37. The van der Waals surface area contributed by atoms with Gasteiger partial charge in [0.15, 0.2) is 0 Å². The molecular formula is C15H24O4. The Balaban J connectivity index is 2.84. The van der Waals surface area contributed by atoms with Crippen LogP contribution in [0.1, 0.15) is 39.5 Å². The van der Waals surface area contributed by atoms with Crippen molar-refractivity contribution in [2.45, 2.75) is 45.6 Å². The fourth-order valence-electron chi connectivity index (χ4n) is 2.70. The number of carbonyl (C=O) groups is 2. The molecule has 0 aliphatic heterocycles. The zero-order valence-electron chi connectivity index (χ0n) is 12.1. The Morgan fingerprint density at radius 3 is 2.58 bits per heavy atom. The highest BCUT2D eigenvalue weighted by Gasteiger charge is 2.54. The van der Waals surface area contributed by atoms with Gasteiger partial charge in [0, 0.05) is 12.5 Å². The molecule has 0 amide bonds. The first-order valence-electron chi connectivity index (χ1n) is 6.85. The minimum Gasteiger partial charge on any atom is -0.468 e. The van der Waals surface area contributed by atoms with Crippen LogP contribution in [0, 0.1) is 11.3 Å². The van der Waals surface area contributed by atoms with Gasteiger partial charge >= 0.3 is 5.97 Å². The summed E-state index contributed by atoms with van der Waals surface area (Å²) in [6, 6.07) is 0. The van der Waals surface area contributed by atoms with Crippen molar-refractivity contribution in [3.63, 3.8) is 0 Å². The van der Waals surface area contributed by atoms with Crippen LogP contribution in [0.5, 0.6) is 0 Å². The smallest absolute Gasteiger partial charge is 0.319 e. The average molecular weight is 268 g/mol. The zero-order valence-corrected chi connectivity index (χ0v) is 12.1. The van der Waals surface area contributed by atoms with Gasteiger partial charge in [0.1, 0.15) is 11.2 Å². The molecular weight excluding hydrogens is 244 g/mol. The molecule has 0 aromatic rings. The molecule has 1 aliphatic carbocycles. The Morgan fingerprint density at radius 1 is 1.42 bits per heavy atom. The second-order valence-corrected chi connectivity index (χ2v) is 5.20. The normalized spacial score (nSPS) is 30.1. The average Bonchev–Trinajstić information content (AvgIpc) is 2.78. The predicted octanol–water partition coefficient (Wildman–Crippen LogP) is 2.52. The van der Waals surface area contributed by atoms with Crippen molar-refractivity contribution in [2.75, 3.05) is 13.7 Å². The van der Waals surface area contributed by atoms with Crippen LogP contribution in [0.4, 0.5) is 0 Å². The molecule has 19 heavy (non-hydrogen) atoms. The van der Waals surface area contributed by atoms with Crippen molar-refractivity contribution < 1.29 is 19.1 Å². The van der Waals surface area contributed by atoms with Crippen molar-refractivity contribution in [1.29, 1.82) is 0 Å². The standard InChI is InChI=1S/C15H24O4/c1-5-7-8-19-13-10-15(11(3)16,14(17)18-4)9-12(13)6-2/h6,12-13H,2,5,7-10H2,1,3-4H3. The molecule has 3 atom stereocenters. The Bertz CT molecular complexity index is 350. The van der Waals surface area contributed by atoms with Crippen molar-refractivity contribution in [3.8, 4) is 0 Å². The zero-order chi connectivity index (χ0) is 14.5. The largest absolute Gasteiger partial charge is 0.468 e. The summed E-state index contributed by atoms with van der Waals surface area (Å²) < 4.78 is 10.6. The van der Waals surface area contributed by atoms with Gasteiger partial charge in [-0.15, -0.1) is 6.58 Å². The van der Waals surface area contributed by atoms with Crippen molar-refractivity contribution in [1.82, 2.24) is 0 Å². The third-order valence-electron chi connectivity index (χ3n) is 3.99. The Morgan fingerprint density at radius 2 is 2.11 bits per heavy atom. The molecule has 0 saturated heterocycles. The molecule has 0 radical (unpaired) electrons. The second-order valence-electron chi connectivity index (χ2n) is 5.20. The number of ketones is 1. The number of hydrogen-bond acceptors (Lipinski definition) is 4. The Hall–Kier alpha value is -1.16. The lowest BCUT2D eigenvalue weighted by molar-refractivity contribution is -0.157. The molecule has 1 fully saturated rings. The Kier molecular flexibility index (Phi) is 5.73. The number of rotatable bonds is 7. The Labute approximate surface area is 115 Å². The van der Waals surface area contributed by atoms with Crippen LogP contribution in [-0.4, -0.2) is 31.6 Å². The van der Waals surface area contributed by atoms with E-state index in [0.29, 0.717) is 19.4 Å². The molecule has 1 rings (SSSR count). The van der Waals surface area contributed by atoms with Gasteiger partial charge in [-0.25, -0.2) is 0 Å². The SMILES string of the molecule is C=CC1CC(C(C)=O)(C(=O)OC)CC1OCCCC. The van der Waals surface area contributed by atoms with Crippen LogP contribution in [-0.2, 0) is 19.1 Å². The predicted molar refractivity (Wildman–Crippen MR) is 72.7 cm³/mol. The number of methoxy groups -OCH3 is 1. The summed E-state index contributed by atoms with van der Waals surface area (Å²) in [6.07, 6.45) is 4.54. The van der Waals surface area contributed by atoms with E-state index in [9.17, 15) is 9.59 Å². The third kappa shape index (κ3) is 3.24. The van der Waals surface area contributed by atoms with E-state index in [1.54, 1.807) is 6.08 Å². The van der Waals surface area contributed by atoms with Gasteiger partial charge in [0.05, 0.1) is 13.2 Å². The van der Waals surface area contributed by atoms with E-state index in [4.69, 9.17) is 9.47 Å². The molecule has 4 nitrogen and oxygen atoms in total. The number of hydrogen-bond donors (Lipinski definition) is 0. The monoisotopic (exact) mass is 268 g/mol. The van der Waals surface area contributed by atoms with E-state index < -0.39 is 11.4 Å². The lowest BCUT2D eigenvalue weighted by atomic mass is 9.81. The molecule has 0 spiro atoms. The summed E-state index contributed by atoms with van der Waals surface area (Å²) in [6.45, 7) is 7.99. The molecule has 0 heterocycles. The van der Waals surface area contributed by atoms with E-state index in [1.807, 2.05) is 0 Å². The van der Waals surface area contributed by atoms with Gasteiger partial charge in [-0.1, -0.05) is 19.4 Å². The van der Waals surface area contributed by atoms with Crippen LogP contribution in [0.2, 0.25) is 0 Å². The quantitative estimate of drug-likeness (QED) is 0.308. The van der Waals surface area contributed by atoms with E-state index in [1.165, 1.54) is 14.0 Å². The highest BCUT2D eigenvalue weighted by atomic mass is 16.5. The second kappa shape index (κ2) is 6.85. The van der Waals surface area contributed by atoms with E-state index >= 15 is 0 Å². The van der Waals surface area contributed by atoms with Crippen LogP contribution in [0.25, 0.3) is 0 Å². The first kappa shape index (κ1) is 15.9. The minimum atomic E-state index is -1.05. The van der Waals surface area contributed by atoms with Crippen molar-refractivity contribution >= 4 is 11.8 Å². The van der Waals surface area contributed by atoms with E-state index in [2.05, 4.69) is 13.5 Å². The van der Waals surface area contributed by atoms with Gasteiger partial charge in [0.2, 0.25) is 0 Å². The maximum atomic E-state index is 12.0. The number of unbranched alkanes of at least 4 members (excludes halogenated alkanes) is 1. The number of ether oxygens (including phenoxy) is 2. The molecule has 0 aromatic heterocycles. The summed E-state index contributed by atoms with van der Waals surface area (Å²) in [4.78, 5) is 23.9. The summed E-state index contributed by atoms with van der Waals surface area (Å²) in [5.74, 6) is -0.568. The fourth-order valence-corrected chi connectivity index (χ4v) is 2.70. The molecule has 0 bridgehead atoms. The lowest BCUT2D eigenvalue weighted by Gasteiger charge is -2.22. The minimum absolute atomic E-state index is 0.0276. The topological polar surface area (TPSA) is 52.6 Å². The highest BCUT2D eigenvalue weighted by Crippen LogP contribution is 2.45. The number of Topliss-reactive ketones (excluding diaryl/α,β-unsaturated/α-hetero) is 1. The number of esters is 1. The van der Waals surface area contributed by atoms with Crippen LogP contribution in [0.15, 0.2) is 12.7 Å². The molecule has 1 saturated carbocycles. The maximum absolute atomic E-state index is 12.0. The highest BCUT2D eigenvalue weighted by molar-refractivity contribution is 6.03. The van der Waals surface area contributed by atoms with Gasteiger partial charge < -0.3 is 9.47 Å². The van der Waals surface area contributed by atoms with Crippen molar-refractivity contribution in [2.24, 2.45) is 11.3 Å². The van der Waals surface area contributed by atoms with E-state index in [0.717, 1.165) is 12.8 Å². The fraction of sp³-hybridized carbons (Fsp3) is 0.733. The summed E-state index contributed by atoms with van der Waals surface area (Å²) in [5.41, 5.74) is -1.05. The number of carbonyl (C=O) groups excluding carboxylic acids is 2. The molecule has 3 unspecified atom stereocenters. The molecule has 4 heteroatoms.